The SMILES string of the molecule is C=CC(=O)OCOC1CCC(C(=O)Oc2ccc(OC(=O)C3CCC(C(=O)O)CC3)cc2)CC1. The summed E-state index contributed by atoms with van der Waals surface area (Å²) in [5.41, 5.74) is 0. The largest absolute Gasteiger partial charge is 0.481 e. The van der Waals surface area contributed by atoms with Crippen molar-refractivity contribution in [1.29, 1.82) is 0 Å². The Bertz CT molecular complexity index is 876. The Labute approximate surface area is 198 Å². The molecule has 0 heterocycles. The van der Waals surface area contributed by atoms with E-state index in [-0.39, 0.29) is 42.6 Å². The Hall–Kier alpha value is -3.20. The molecular formula is C25H30O9. The number of aliphatic carboxylic acids is 1. The van der Waals surface area contributed by atoms with Gasteiger partial charge in [-0.1, -0.05) is 6.58 Å². The van der Waals surface area contributed by atoms with Crippen LogP contribution in [0.15, 0.2) is 36.9 Å². The van der Waals surface area contributed by atoms with Gasteiger partial charge in [0.1, 0.15) is 11.5 Å². The maximum atomic E-state index is 12.5. The van der Waals surface area contributed by atoms with Gasteiger partial charge in [-0.3, -0.25) is 14.4 Å². The van der Waals surface area contributed by atoms with Gasteiger partial charge in [0, 0.05) is 6.08 Å². The third-order valence-electron chi connectivity index (χ3n) is 6.35. The van der Waals surface area contributed by atoms with Crippen LogP contribution in [-0.4, -0.2) is 41.9 Å². The standard InChI is InChI=1S/C25H30O9/c1-2-22(26)32-15-31-19-9-7-18(8-10-19)25(30)34-21-13-11-20(12-14-21)33-24(29)17-5-3-16(4-6-17)23(27)28/h2,11-14,16-19H,1,3-10,15H2,(H,27,28). The fourth-order valence-corrected chi connectivity index (χ4v) is 4.26. The monoisotopic (exact) mass is 474 g/mol. The number of benzene rings is 1. The summed E-state index contributed by atoms with van der Waals surface area (Å²) in [5, 5.41) is 9.06. The van der Waals surface area contributed by atoms with E-state index in [4.69, 9.17) is 24.1 Å². The van der Waals surface area contributed by atoms with Crippen molar-refractivity contribution in [3.05, 3.63) is 36.9 Å². The lowest BCUT2D eigenvalue weighted by atomic mass is 9.82. The average molecular weight is 475 g/mol. The zero-order chi connectivity index (χ0) is 24.5. The summed E-state index contributed by atoms with van der Waals surface area (Å²) in [5.74, 6) is -2.27. The molecule has 1 aromatic carbocycles. The first-order valence-corrected chi connectivity index (χ1v) is 11.5. The Morgan fingerprint density at radius 1 is 0.794 bits per heavy atom. The molecule has 0 spiro atoms. The van der Waals surface area contributed by atoms with E-state index in [1.807, 2.05) is 0 Å². The maximum absolute atomic E-state index is 12.5. The molecule has 2 aliphatic carbocycles. The molecule has 0 radical (unpaired) electrons. The van der Waals surface area contributed by atoms with E-state index in [1.54, 1.807) is 24.3 Å². The molecule has 0 aromatic heterocycles. The van der Waals surface area contributed by atoms with Crippen LogP contribution in [0.5, 0.6) is 11.5 Å². The van der Waals surface area contributed by atoms with Crippen LogP contribution in [0.25, 0.3) is 0 Å². The summed E-state index contributed by atoms with van der Waals surface area (Å²) >= 11 is 0. The van der Waals surface area contributed by atoms with Crippen LogP contribution in [0, 0.1) is 17.8 Å². The molecule has 3 rings (SSSR count). The second kappa shape index (κ2) is 12.3. The number of carboxylic acid groups (broad SMARTS) is 1. The molecule has 0 amide bonds. The van der Waals surface area contributed by atoms with E-state index in [2.05, 4.69) is 6.58 Å². The third kappa shape index (κ3) is 7.41. The fraction of sp³-hybridized carbons (Fsp3) is 0.520. The highest BCUT2D eigenvalue weighted by Gasteiger charge is 2.31. The number of carbonyl (C=O) groups excluding carboxylic acids is 3. The van der Waals surface area contributed by atoms with Crippen molar-refractivity contribution in [2.45, 2.75) is 57.5 Å². The molecule has 2 saturated carbocycles. The molecule has 0 aliphatic heterocycles. The molecule has 9 nitrogen and oxygen atoms in total. The highest BCUT2D eigenvalue weighted by atomic mass is 16.7. The normalized spacial score (nSPS) is 24.5. The first-order valence-electron chi connectivity index (χ1n) is 11.5. The number of hydrogen-bond acceptors (Lipinski definition) is 8. The number of esters is 3. The number of hydrogen-bond donors (Lipinski definition) is 1. The van der Waals surface area contributed by atoms with Gasteiger partial charge in [-0.25, -0.2) is 4.79 Å². The molecule has 1 N–H and O–H groups in total. The summed E-state index contributed by atoms with van der Waals surface area (Å²) in [6.07, 6.45) is 5.48. The quantitative estimate of drug-likeness (QED) is 0.247. The van der Waals surface area contributed by atoms with Crippen LogP contribution in [0.2, 0.25) is 0 Å². The average Bonchev–Trinajstić information content (AvgIpc) is 2.85. The molecule has 34 heavy (non-hydrogen) atoms. The van der Waals surface area contributed by atoms with E-state index in [9.17, 15) is 19.2 Å². The summed E-state index contributed by atoms with van der Waals surface area (Å²) in [4.78, 5) is 46.9. The van der Waals surface area contributed by atoms with E-state index in [0.29, 0.717) is 62.9 Å². The second-order valence-electron chi connectivity index (χ2n) is 8.63. The summed E-state index contributed by atoms with van der Waals surface area (Å²) < 4.78 is 21.2. The van der Waals surface area contributed by atoms with Gasteiger partial charge in [0.05, 0.1) is 23.9 Å². The first kappa shape index (κ1) is 25.4. The highest BCUT2D eigenvalue weighted by molar-refractivity contribution is 5.81. The Morgan fingerprint density at radius 3 is 1.68 bits per heavy atom. The summed E-state index contributed by atoms with van der Waals surface area (Å²) in [7, 11) is 0. The van der Waals surface area contributed by atoms with Crippen LogP contribution in [0.4, 0.5) is 0 Å². The van der Waals surface area contributed by atoms with Crippen LogP contribution in [-0.2, 0) is 28.7 Å². The molecule has 0 atom stereocenters. The predicted molar refractivity (Wildman–Crippen MR) is 119 cm³/mol. The lowest BCUT2D eigenvalue weighted by molar-refractivity contribution is -0.157. The molecule has 2 aliphatic rings. The minimum Gasteiger partial charge on any atom is -0.481 e. The molecule has 9 heteroatoms. The van der Waals surface area contributed by atoms with Gasteiger partial charge < -0.3 is 24.1 Å². The predicted octanol–water partition coefficient (Wildman–Crippen LogP) is 3.65. The van der Waals surface area contributed by atoms with Gasteiger partial charge in [0.15, 0.2) is 6.79 Å². The molecule has 184 valence electrons. The maximum Gasteiger partial charge on any atom is 0.332 e. The molecular weight excluding hydrogens is 444 g/mol. The Morgan fingerprint density at radius 2 is 1.24 bits per heavy atom. The summed E-state index contributed by atoms with van der Waals surface area (Å²) in [6, 6.07) is 6.28. The zero-order valence-electron chi connectivity index (χ0n) is 19.0. The van der Waals surface area contributed by atoms with E-state index in [0.717, 1.165) is 6.08 Å². The van der Waals surface area contributed by atoms with Crippen molar-refractivity contribution in [3.8, 4) is 11.5 Å². The van der Waals surface area contributed by atoms with Gasteiger partial charge in [-0.05, 0) is 75.6 Å². The number of rotatable bonds is 9. The minimum absolute atomic E-state index is 0.0742. The van der Waals surface area contributed by atoms with Gasteiger partial charge in [0.25, 0.3) is 0 Å². The van der Waals surface area contributed by atoms with E-state index in [1.165, 1.54) is 0 Å². The van der Waals surface area contributed by atoms with Crippen molar-refractivity contribution in [1.82, 2.24) is 0 Å². The first-order chi connectivity index (χ1) is 16.4. The van der Waals surface area contributed by atoms with E-state index >= 15 is 0 Å². The topological polar surface area (TPSA) is 125 Å². The molecule has 2 fully saturated rings. The van der Waals surface area contributed by atoms with E-state index < -0.39 is 11.9 Å². The van der Waals surface area contributed by atoms with Gasteiger partial charge >= 0.3 is 23.9 Å². The Balaban J connectivity index is 1.38. The van der Waals surface area contributed by atoms with Gasteiger partial charge in [-0.2, -0.15) is 0 Å². The molecule has 0 saturated heterocycles. The van der Waals surface area contributed by atoms with Crippen molar-refractivity contribution in [2.24, 2.45) is 17.8 Å². The van der Waals surface area contributed by atoms with Gasteiger partial charge in [0.2, 0.25) is 0 Å². The van der Waals surface area contributed by atoms with Crippen LogP contribution in [0.3, 0.4) is 0 Å². The lowest BCUT2D eigenvalue weighted by Gasteiger charge is -2.27. The zero-order valence-corrected chi connectivity index (χ0v) is 19.0. The van der Waals surface area contributed by atoms with Crippen molar-refractivity contribution in [3.63, 3.8) is 0 Å². The molecule has 0 unspecified atom stereocenters. The minimum atomic E-state index is -0.815. The van der Waals surface area contributed by atoms with Crippen molar-refractivity contribution in [2.75, 3.05) is 6.79 Å². The number of carboxylic acids is 1. The molecule has 0 bridgehead atoms. The van der Waals surface area contributed by atoms with Crippen LogP contribution >= 0.6 is 0 Å². The Kier molecular flexibility index (Phi) is 9.21. The third-order valence-corrected chi connectivity index (χ3v) is 6.35. The smallest absolute Gasteiger partial charge is 0.332 e. The van der Waals surface area contributed by atoms with Crippen molar-refractivity contribution >= 4 is 23.9 Å². The van der Waals surface area contributed by atoms with Crippen LogP contribution in [0.1, 0.15) is 51.4 Å². The number of ether oxygens (including phenoxy) is 4. The lowest BCUT2D eigenvalue weighted by Crippen LogP contribution is -2.29. The fourth-order valence-electron chi connectivity index (χ4n) is 4.26. The molecule has 1 aromatic rings. The number of carbonyl (C=O) groups is 4. The van der Waals surface area contributed by atoms with Crippen molar-refractivity contribution < 1.29 is 43.2 Å². The second-order valence-corrected chi connectivity index (χ2v) is 8.63. The van der Waals surface area contributed by atoms with Crippen LogP contribution < -0.4 is 9.47 Å². The summed E-state index contributed by atoms with van der Waals surface area (Å²) in [6.45, 7) is 3.18. The highest BCUT2D eigenvalue weighted by Crippen LogP contribution is 2.31. The van der Waals surface area contributed by atoms with Gasteiger partial charge in [-0.15, -0.1) is 0 Å².